The van der Waals surface area contributed by atoms with Gasteiger partial charge in [-0.05, 0) is 50.2 Å². The van der Waals surface area contributed by atoms with Crippen LogP contribution in [-0.4, -0.2) is 32.1 Å². The molecule has 0 saturated carbocycles. The molecule has 0 aliphatic carbocycles. The van der Waals surface area contributed by atoms with Gasteiger partial charge in [0.1, 0.15) is 28.4 Å². The Morgan fingerprint density at radius 3 is 2.11 bits per heavy atom. The average Bonchev–Trinajstić information content (AvgIpc) is 3.70. The Kier molecular flexibility index (Phi) is 5.91. The molecule has 5 aromatic carbocycles. The van der Waals surface area contributed by atoms with Crippen LogP contribution in [0.4, 0.5) is 11.4 Å². The number of anilines is 2. The van der Waals surface area contributed by atoms with Crippen molar-refractivity contribution in [3.63, 3.8) is 0 Å². The zero-order chi connectivity index (χ0) is 29.8. The Balaban J connectivity index is 1.24. The summed E-state index contributed by atoms with van der Waals surface area (Å²) >= 11 is 0. The summed E-state index contributed by atoms with van der Waals surface area (Å²) in [5, 5.41) is 2.44. The van der Waals surface area contributed by atoms with E-state index in [2.05, 4.69) is 155 Å². The number of benzene rings is 5. The molecule has 0 fully saturated rings. The molecule has 0 bridgehead atoms. The molecule has 1 aliphatic heterocycles. The van der Waals surface area contributed by atoms with Crippen LogP contribution in [0.15, 0.2) is 134 Å². The van der Waals surface area contributed by atoms with E-state index in [-0.39, 0.29) is 5.54 Å². The first-order valence-corrected chi connectivity index (χ1v) is 14.8. The zero-order valence-electron chi connectivity index (χ0n) is 24.9. The lowest BCUT2D eigenvalue weighted by Crippen LogP contribution is -2.41. The van der Waals surface area contributed by atoms with E-state index >= 15 is 0 Å². The first-order chi connectivity index (χ1) is 21.5. The van der Waals surface area contributed by atoms with Crippen molar-refractivity contribution in [1.82, 2.24) is 14.1 Å². The summed E-state index contributed by atoms with van der Waals surface area (Å²) in [6, 6.07) is 40.3. The quantitative estimate of drug-likeness (QED) is 0.193. The fourth-order valence-corrected chi connectivity index (χ4v) is 6.33. The van der Waals surface area contributed by atoms with Gasteiger partial charge in [-0.15, -0.1) is 0 Å². The fourth-order valence-electron chi connectivity index (χ4n) is 6.33. The van der Waals surface area contributed by atoms with Crippen molar-refractivity contribution in [3.05, 3.63) is 140 Å². The summed E-state index contributed by atoms with van der Waals surface area (Å²) in [4.78, 5) is 6.54. The topological polar surface area (TPSA) is 38.2 Å². The molecule has 2 aromatic heterocycles. The van der Waals surface area contributed by atoms with Crippen molar-refractivity contribution in [2.75, 3.05) is 11.9 Å². The second-order valence-electron chi connectivity index (χ2n) is 11.8. The average molecular weight is 575 g/mol. The van der Waals surface area contributed by atoms with Crippen LogP contribution in [0.2, 0.25) is 0 Å². The highest BCUT2D eigenvalue weighted by atomic mass is 16.5. The lowest BCUT2D eigenvalue weighted by Gasteiger charge is -2.33. The lowest BCUT2D eigenvalue weighted by atomic mass is 9.90. The molecule has 6 nitrogen and oxygen atoms in total. The summed E-state index contributed by atoms with van der Waals surface area (Å²) in [5.41, 5.74) is 7.65. The summed E-state index contributed by atoms with van der Waals surface area (Å²) in [6.45, 7) is 4.50. The maximum Gasteiger partial charge on any atom is 0.245 e. The minimum absolute atomic E-state index is 0.113. The molecule has 3 heterocycles. The van der Waals surface area contributed by atoms with Gasteiger partial charge in [-0.1, -0.05) is 60.7 Å². The molecule has 7 aromatic rings. The van der Waals surface area contributed by atoms with E-state index in [9.17, 15) is 0 Å². The van der Waals surface area contributed by atoms with Gasteiger partial charge in [0.05, 0.1) is 35.8 Å². The minimum Gasteiger partial charge on any atom is -0.457 e. The molecule has 0 unspecified atom stereocenters. The van der Waals surface area contributed by atoms with Crippen molar-refractivity contribution >= 4 is 39.5 Å². The molecule has 0 saturated heterocycles. The molecular weight excluding hydrogens is 542 g/mol. The zero-order valence-corrected chi connectivity index (χ0v) is 24.9. The Morgan fingerprint density at radius 2 is 1.36 bits per heavy atom. The summed E-state index contributed by atoms with van der Waals surface area (Å²) in [7, 11) is 2.13. The molecule has 6 heteroatoms. The molecule has 0 atom stereocenters. The number of aromatic nitrogens is 3. The Labute approximate surface area is 256 Å². The van der Waals surface area contributed by atoms with Crippen LogP contribution in [0.3, 0.4) is 0 Å². The van der Waals surface area contributed by atoms with Crippen LogP contribution in [0.25, 0.3) is 33.2 Å². The normalized spacial score (nSPS) is 14.1. The van der Waals surface area contributed by atoms with Gasteiger partial charge in [0.15, 0.2) is 0 Å². The number of fused-ring (bicyclic) bond motifs is 4. The number of ether oxygens (including phenoxy) is 1. The van der Waals surface area contributed by atoms with Crippen LogP contribution < -0.4 is 9.64 Å². The second-order valence-corrected chi connectivity index (χ2v) is 11.8. The molecule has 0 spiro atoms. The van der Waals surface area contributed by atoms with Crippen LogP contribution in [-0.2, 0) is 5.54 Å². The largest absolute Gasteiger partial charge is 0.457 e. The van der Waals surface area contributed by atoms with Gasteiger partial charge in [0.25, 0.3) is 0 Å². The van der Waals surface area contributed by atoms with Crippen LogP contribution in [0.5, 0.6) is 11.5 Å². The maximum absolute atomic E-state index is 6.67. The number of nitrogens with zero attached hydrogens (tertiary/aromatic N) is 5. The van der Waals surface area contributed by atoms with Gasteiger partial charge < -0.3 is 13.9 Å². The van der Waals surface area contributed by atoms with Crippen molar-refractivity contribution < 1.29 is 9.31 Å². The van der Waals surface area contributed by atoms with Gasteiger partial charge in [0, 0.05) is 46.9 Å². The van der Waals surface area contributed by atoms with Gasteiger partial charge in [0.2, 0.25) is 6.34 Å². The predicted octanol–water partition coefficient (Wildman–Crippen LogP) is 8.82. The van der Waals surface area contributed by atoms with E-state index in [1.165, 1.54) is 22.0 Å². The Hall–Kier alpha value is -5.62. The van der Waals surface area contributed by atoms with E-state index in [1.807, 2.05) is 23.2 Å². The van der Waals surface area contributed by atoms with Crippen molar-refractivity contribution in [2.45, 2.75) is 19.4 Å². The molecule has 0 radical (unpaired) electrons. The standard InChI is InChI=1S/C38H32N5O/c1-38(2)34-15-6-9-18-37(34)42(26-40(38)3)27-11-10-12-30(22-27)44-31-23-28(41-20-19-39-25-41)21-29(24-31)43-35-16-7-4-13-32(35)33-14-5-8-17-36(33)43/h4-26H,1-3H3/q+1. The third-order valence-corrected chi connectivity index (χ3v) is 8.84. The number of hydrogen-bond acceptors (Lipinski definition) is 3. The van der Waals surface area contributed by atoms with Crippen molar-refractivity contribution in [2.24, 2.45) is 0 Å². The number of hydrogen-bond donors (Lipinski definition) is 0. The lowest BCUT2D eigenvalue weighted by molar-refractivity contribution is -0.582. The second kappa shape index (κ2) is 9.99. The third-order valence-electron chi connectivity index (χ3n) is 8.84. The molecule has 0 amide bonds. The number of imidazole rings is 1. The smallest absolute Gasteiger partial charge is 0.245 e. The summed E-state index contributed by atoms with van der Waals surface area (Å²) in [6.07, 6.45) is 7.73. The first kappa shape index (κ1) is 26.0. The van der Waals surface area contributed by atoms with E-state index in [0.717, 1.165) is 39.6 Å². The van der Waals surface area contributed by atoms with Crippen molar-refractivity contribution in [1.29, 1.82) is 0 Å². The predicted molar refractivity (Wildman–Crippen MR) is 178 cm³/mol. The summed E-state index contributed by atoms with van der Waals surface area (Å²) < 4.78 is 13.2. The van der Waals surface area contributed by atoms with Crippen LogP contribution >= 0.6 is 0 Å². The first-order valence-electron chi connectivity index (χ1n) is 14.8. The number of rotatable bonds is 5. The van der Waals surface area contributed by atoms with Gasteiger partial charge >= 0.3 is 0 Å². The molecule has 1 aliphatic rings. The third kappa shape index (κ3) is 4.18. The highest BCUT2D eigenvalue weighted by molar-refractivity contribution is 6.09. The highest BCUT2D eigenvalue weighted by Crippen LogP contribution is 2.40. The molecule has 214 valence electrons. The summed E-state index contributed by atoms with van der Waals surface area (Å²) in [5.74, 6) is 1.50. The van der Waals surface area contributed by atoms with Gasteiger partial charge in [-0.25, -0.2) is 4.98 Å². The molecule has 44 heavy (non-hydrogen) atoms. The van der Waals surface area contributed by atoms with Crippen LogP contribution in [0.1, 0.15) is 19.4 Å². The molecular formula is C38H32N5O+. The highest BCUT2D eigenvalue weighted by Gasteiger charge is 2.37. The minimum atomic E-state index is -0.113. The van der Waals surface area contributed by atoms with E-state index < -0.39 is 0 Å². The Morgan fingerprint density at radius 1 is 0.682 bits per heavy atom. The van der Waals surface area contributed by atoms with E-state index in [1.54, 1.807) is 6.20 Å². The fraction of sp³-hybridized carbons (Fsp3) is 0.105. The monoisotopic (exact) mass is 574 g/mol. The molecule has 8 rings (SSSR count). The number of para-hydroxylation sites is 3. The maximum atomic E-state index is 6.67. The van der Waals surface area contributed by atoms with Crippen LogP contribution in [0, 0.1) is 0 Å². The Bertz CT molecular complexity index is 2150. The van der Waals surface area contributed by atoms with E-state index in [0.29, 0.717) is 0 Å². The van der Waals surface area contributed by atoms with Gasteiger partial charge in [-0.2, -0.15) is 4.90 Å². The van der Waals surface area contributed by atoms with Gasteiger partial charge in [-0.3, -0.25) is 4.58 Å². The van der Waals surface area contributed by atoms with E-state index in [4.69, 9.17) is 4.74 Å². The SMILES string of the molecule is C[N+]1=CN(c2cccc(Oc3cc(-n4ccnc4)cc(-n4c5ccccc5c5ccccc54)c3)c2)c2ccccc2C1(C)C. The van der Waals surface area contributed by atoms with Crippen molar-refractivity contribution in [3.8, 4) is 22.9 Å². The molecule has 0 N–H and O–H groups in total.